The number of rotatable bonds is 5. The average Bonchev–Trinajstić information content (AvgIpc) is 2.53. The number of aliphatic hydroxyl groups is 1. The van der Waals surface area contributed by atoms with Crippen molar-refractivity contribution in [3.05, 3.63) is 5.69 Å². The first kappa shape index (κ1) is 15.4. The summed E-state index contributed by atoms with van der Waals surface area (Å²) in [4.78, 5) is 3.92. The molecule has 0 bridgehead atoms. The Hall–Kier alpha value is -0.700. The van der Waals surface area contributed by atoms with E-state index in [1.165, 1.54) is 4.31 Å². The molecule has 0 amide bonds. The molecule has 0 saturated carbocycles. The van der Waals surface area contributed by atoms with Gasteiger partial charge in [0.2, 0.25) is 0 Å². The Labute approximate surface area is 112 Å². The Morgan fingerprint density at radius 1 is 1.50 bits per heavy atom. The molecule has 6 nitrogen and oxygen atoms in total. The monoisotopic (exact) mass is 293 g/mol. The number of nitrogen functional groups attached to an aromatic ring is 1. The molecule has 104 valence electrons. The van der Waals surface area contributed by atoms with Crippen LogP contribution in [0.15, 0.2) is 4.21 Å². The number of nitrogens with two attached hydrogens (primary N) is 1. The fourth-order valence-corrected chi connectivity index (χ4v) is 4.60. The van der Waals surface area contributed by atoms with Crippen LogP contribution in [0, 0.1) is 6.92 Å². The smallest absolute Gasteiger partial charge is 0.254 e. The maximum atomic E-state index is 12.4. The summed E-state index contributed by atoms with van der Waals surface area (Å²) in [5, 5.41) is 9.99. The predicted molar refractivity (Wildman–Crippen MR) is 72.0 cm³/mol. The van der Waals surface area contributed by atoms with Gasteiger partial charge in [-0.3, -0.25) is 0 Å². The zero-order valence-corrected chi connectivity index (χ0v) is 12.6. The van der Waals surface area contributed by atoms with Gasteiger partial charge in [0, 0.05) is 13.1 Å². The molecule has 0 saturated heterocycles. The highest BCUT2D eigenvalue weighted by molar-refractivity contribution is 7.91. The maximum Gasteiger partial charge on any atom is 0.254 e. The summed E-state index contributed by atoms with van der Waals surface area (Å²) in [6.45, 7) is 6.78. The lowest BCUT2D eigenvalue weighted by molar-refractivity contribution is 0.0602. The zero-order chi connectivity index (χ0) is 14.1. The molecular weight excluding hydrogens is 274 g/mol. The van der Waals surface area contributed by atoms with Gasteiger partial charge in [0.25, 0.3) is 10.0 Å². The third-order valence-electron chi connectivity index (χ3n) is 2.26. The summed E-state index contributed by atoms with van der Waals surface area (Å²) in [6.07, 6.45) is 0. The zero-order valence-electron chi connectivity index (χ0n) is 11.0. The molecular formula is C10H19N3O3S2. The molecule has 0 aliphatic carbocycles. The number of likely N-dealkylation sites (N-methyl/N-ethyl adjacent to an activating group) is 1. The largest absolute Gasteiger partial charge is 0.389 e. The molecule has 0 aliphatic rings. The van der Waals surface area contributed by atoms with Crippen LogP contribution in [0.2, 0.25) is 0 Å². The van der Waals surface area contributed by atoms with Crippen molar-refractivity contribution in [1.82, 2.24) is 9.29 Å². The molecule has 1 heterocycles. The molecule has 0 aromatic carbocycles. The first-order valence-corrected chi connectivity index (χ1v) is 7.79. The normalized spacial score (nSPS) is 13.2. The molecule has 3 N–H and O–H groups in total. The fraction of sp³-hybridized carbons (Fsp3) is 0.700. The van der Waals surface area contributed by atoms with Crippen molar-refractivity contribution in [3.8, 4) is 0 Å². The molecule has 1 rings (SSSR count). The minimum Gasteiger partial charge on any atom is -0.389 e. The first-order valence-electron chi connectivity index (χ1n) is 5.53. The van der Waals surface area contributed by atoms with Gasteiger partial charge in [-0.25, -0.2) is 13.4 Å². The molecule has 0 spiro atoms. The molecule has 1 aromatic rings. The van der Waals surface area contributed by atoms with E-state index in [1.54, 1.807) is 27.7 Å². The lowest BCUT2D eigenvalue weighted by atomic mass is 10.1. The van der Waals surface area contributed by atoms with Crippen LogP contribution in [0.1, 0.15) is 26.5 Å². The molecule has 8 heteroatoms. The van der Waals surface area contributed by atoms with Crippen molar-refractivity contribution in [3.63, 3.8) is 0 Å². The van der Waals surface area contributed by atoms with Crippen LogP contribution in [-0.2, 0) is 10.0 Å². The lowest BCUT2D eigenvalue weighted by Crippen LogP contribution is -2.42. The van der Waals surface area contributed by atoms with Crippen LogP contribution in [0.4, 0.5) is 5.13 Å². The minimum absolute atomic E-state index is 0.0308. The van der Waals surface area contributed by atoms with Gasteiger partial charge in [-0.1, -0.05) is 18.3 Å². The van der Waals surface area contributed by atoms with Crippen molar-refractivity contribution >= 4 is 26.5 Å². The molecule has 0 atom stereocenters. The number of anilines is 1. The number of aromatic nitrogens is 1. The number of hydrogen-bond acceptors (Lipinski definition) is 6. The van der Waals surface area contributed by atoms with Gasteiger partial charge in [-0.2, -0.15) is 4.31 Å². The van der Waals surface area contributed by atoms with Gasteiger partial charge >= 0.3 is 0 Å². The van der Waals surface area contributed by atoms with E-state index in [4.69, 9.17) is 5.73 Å². The second-order valence-electron chi connectivity index (χ2n) is 4.67. The van der Waals surface area contributed by atoms with Crippen LogP contribution >= 0.6 is 11.3 Å². The van der Waals surface area contributed by atoms with Crippen LogP contribution in [0.3, 0.4) is 0 Å². The molecule has 0 fully saturated rings. The third kappa shape index (κ3) is 3.41. The third-order valence-corrected chi connectivity index (χ3v) is 5.75. The highest BCUT2D eigenvalue weighted by Crippen LogP contribution is 2.28. The lowest BCUT2D eigenvalue weighted by Gasteiger charge is -2.26. The van der Waals surface area contributed by atoms with Crippen molar-refractivity contribution in [2.75, 3.05) is 18.8 Å². The number of sulfonamides is 1. The highest BCUT2D eigenvalue weighted by Gasteiger charge is 2.31. The number of aryl methyl sites for hydroxylation is 1. The van der Waals surface area contributed by atoms with Crippen LogP contribution < -0.4 is 5.73 Å². The summed E-state index contributed by atoms with van der Waals surface area (Å²) < 4.78 is 26.2. The number of thiazole rings is 1. The van der Waals surface area contributed by atoms with E-state index in [1.807, 2.05) is 0 Å². The Balaban J connectivity index is 3.15. The van der Waals surface area contributed by atoms with Gasteiger partial charge in [0.05, 0.1) is 11.3 Å². The second kappa shape index (κ2) is 5.12. The molecule has 18 heavy (non-hydrogen) atoms. The standard InChI is InChI=1S/C10H19N3O3S2/c1-5-13(6-10(3,4)14)18(15,16)8-7(2)12-9(11)17-8/h14H,5-6H2,1-4H3,(H2,11,12). The Kier molecular flexibility index (Phi) is 4.37. The van der Waals surface area contributed by atoms with Crippen molar-refractivity contribution in [1.29, 1.82) is 0 Å². The maximum absolute atomic E-state index is 12.4. The Morgan fingerprint density at radius 3 is 2.39 bits per heavy atom. The van der Waals surface area contributed by atoms with Crippen molar-refractivity contribution in [2.24, 2.45) is 0 Å². The summed E-state index contributed by atoms with van der Waals surface area (Å²) >= 11 is 0.946. The summed E-state index contributed by atoms with van der Waals surface area (Å²) in [5.74, 6) is 0. The van der Waals surface area contributed by atoms with E-state index >= 15 is 0 Å². The highest BCUT2D eigenvalue weighted by atomic mass is 32.2. The minimum atomic E-state index is -3.64. The topological polar surface area (TPSA) is 96.5 Å². The van der Waals surface area contributed by atoms with E-state index in [9.17, 15) is 13.5 Å². The molecule has 0 aliphatic heterocycles. The van der Waals surface area contributed by atoms with Gasteiger partial charge < -0.3 is 10.8 Å². The Bertz CT molecular complexity index is 517. The number of nitrogens with zero attached hydrogens (tertiary/aromatic N) is 2. The van der Waals surface area contributed by atoms with E-state index in [-0.39, 0.29) is 22.4 Å². The van der Waals surface area contributed by atoms with E-state index in [0.29, 0.717) is 5.69 Å². The van der Waals surface area contributed by atoms with Gasteiger partial charge in [-0.15, -0.1) is 0 Å². The van der Waals surface area contributed by atoms with Crippen LogP contribution in [0.5, 0.6) is 0 Å². The quantitative estimate of drug-likeness (QED) is 0.837. The average molecular weight is 293 g/mol. The first-order chi connectivity index (χ1) is 8.08. The SMILES string of the molecule is CCN(CC(C)(C)O)S(=O)(=O)c1sc(N)nc1C. The van der Waals surface area contributed by atoms with Gasteiger partial charge in [0.1, 0.15) is 0 Å². The summed E-state index contributed by atoms with van der Waals surface area (Å²) in [5.41, 5.74) is 4.83. The predicted octanol–water partition coefficient (Wildman–Crippen LogP) is 0.815. The summed E-state index contributed by atoms with van der Waals surface area (Å²) in [6, 6.07) is 0. The second-order valence-corrected chi connectivity index (χ2v) is 7.83. The van der Waals surface area contributed by atoms with E-state index in [0.717, 1.165) is 11.3 Å². The van der Waals surface area contributed by atoms with Crippen LogP contribution in [0.25, 0.3) is 0 Å². The number of hydrogen-bond donors (Lipinski definition) is 2. The Morgan fingerprint density at radius 2 is 2.06 bits per heavy atom. The van der Waals surface area contributed by atoms with Gasteiger partial charge in [0.15, 0.2) is 9.34 Å². The van der Waals surface area contributed by atoms with Crippen molar-refractivity contribution in [2.45, 2.75) is 37.5 Å². The van der Waals surface area contributed by atoms with E-state index in [2.05, 4.69) is 4.98 Å². The molecule has 1 aromatic heterocycles. The molecule has 0 radical (unpaired) electrons. The van der Waals surface area contributed by atoms with Gasteiger partial charge in [-0.05, 0) is 20.8 Å². The van der Waals surface area contributed by atoms with E-state index < -0.39 is 15.6 Å². The summed E-state index contributed by atoms with van der Waals surface area (Å²) in [7, 11) is -3.64. The fourth-order valence-electron chi connectivity index (χ4n) is 1.56. The van der Waals surface area contributed by atoms with Crippen LogP contribution in [-0.4, -0.2) is 41.5 Å². The molecule has 0 unspecified atom stereocenters. The van der Waals surface area contributed by atoms with Crippen molar-refractivity contribution < 1.29 is 13.5 Å².